The molecular weight excluding hydrogens is 310 g/mol. The van der Waals surface area contributed by atoms with Crippen molar-refractivity contribution in [3.8, 4) is 23.0 Å². The maximum Gasteiger partial charge on any atom is 0.170 e. The second kappa shape index (κ2) is 6.99. The first-order valence-electron chi connectivity index (χ1n) is 8.65. The molecule has 2 N–H and O–H groups in total. The Morgan fingerprint density at radius 2 is 1.28 bits per heavy atom. The first kappa shape index (κ1) is 15.7. The van der Waals surface area contributed by atoms with E-state index in [4.69, 9.17) is 15.2 Å². The second-order valence-electron chi connectivity index (χ2n) is 6.40. The lowest BCUT2D eigenvalue weighted by molar-refractivity contribution is 0.417. The molecular formula is C22H21NO2. The number of ether oxygens (including phenoxy) is 2. The third-order valence-electron chi connectivity index (χ3n) is 4.42. The van der Waals surface area contributed by atoms with Gasteiger partial charge in [-0.25, -0.2) is 0 Å². The van der Waals surface area contributed by atoms with Gasteiger partial charge in [-0.15, -0.1) is 0 Å². The quantitative estimate of drug-likeness (QED) is 0.632. The molecule has 126 valence electrons. The molecule has 1 aliphatic rings. The zero-order valence-corrected chi connectivity index (χ0v) is 14.0. The van der Waals surface area contributed by atoms with Crippen molar-refractivity contribution in [3.63, 3.8) is 0 Å². The maximum atomic E-state index is 6.37. The van der Waals surface area contributed by atoms with Gasteiger partial charge in [0.15, 0.2) is 11.5 Å². The van der Waals surface area contributed by atoms with E-state index in [2.05, 4.69) is 0 Å². The number of para-hydroxylation sites is 2. The first-order valence-corrected chi connectivity index (χ1v) is 8.65. The van der Waals surface area contributed by atoms with Gasteiger partial charge in [0, 0.05) is 6.04 Å². The summed E-state index contributed by atoms with van der Waals surface area (Å²) in [7, 11) is 0. The molecule has 0 aromatic heterocycles. The predicted octanol–water partition coefficient (Wildman–Crippen LogP) is 5.68. The summed E-state index contributed by atoms with van der Waals surface area (Å²) in [5.74, 6) is 3.51. The topological polar surface area (TPSA) is 44.5 Å². The van der Waals surface area contributed by atoms with Crippen LogP contribution in [0.2, 0.25) is 0 Å². The van der Waals surface area contributed by atoms with E-state index >= 15 is 0 Å². The summed E-state index contributed by atoms with van der Waals surface area (Å²) in [6.45, 7) is 0. The molecule has 3 heteroatoms. The average molecular weight is 331 g/mol. The van der Waals surface area contributed by atoms with E-state index in [1.54, 1.807) is 0 Å². The monoisotopic (exact) mass is 331 g/mol. The molecule has 1 fully saturated rings. The first-order chi connectivity index (χ1) is 12.3. The molecule has 4 rings (SSSR count). The normalized spacial score (nSPS) is 14.8. The predicted molar refractivity (Wildman–Crippen MR) is 99.1 cm³/mol. The standard InChI is InChI=1S/C22H21NO2/c23-22(16-11-12-16)17-13-14-20(24-18-7-3-1-4-8-18)21(15-17)25-19-9-5-2-6-10-19/h1-10,13-16,22H,11-12,23H2/t22-/m1/s1. The molecule has 0 bridgehead atoms. The van der Waals surface area contributed by atoms with E-state index in [0.717, 1.165) is 17.1 Å². The van der Waals surface area contributed by atoms with Crippen molar-refractivity contribution in [2.75, 3.05) is 0 Å². The molecule has 1 saturated carbocycles. The Labute approximate surface area is 148 Å². The fourth-order valence-corrected chi connectivity index (χ4v) is 2.85. The molecule has 1 aliphatic carbocycles. The largest absolute Gasteiger partial charge is 0.453 e. The van der Waals surface area contributed by atoms with Crippen molar-refractivity contribution in [2.45, 2.75) is 18.9 Å². The number of hydrogen-bond donors (Lipinski definition) is 1. The van der Waals surface area contributed by atoms with Gasteiger partial charge in [-0.05, 0) is 60.7 Å². The molecule has 3 aromatic carbocycles. The molecule has 0 spiro atoms. The molecule has 0 amide bonds. The van der Waals surface area contributed by atoms with Crippen molar-refractivity contribution in [1.82, 2.24) is 0 Å². The van der Waals surface area contributed by atoms with Crippen LogP contribution in [0.3, 0.4) is 0 Å². The lowest BCUT2D eigenvalue weighted by atomic mass is 10.0. The van der Waals surface area contributed by atoms with Gasteiger partial charge < -0.3 is 15.2 Å². The van der Waals surface area contributed by atoms with Crippen molar-refractivity contribution in [1.29, 1.82) is 0 Å². The van der Waals surface area contributed by atoms with E-state index in [1.165, 1.54) is 12.8 Å². The minimum absolute atomic E-state index is 0.0592. The third-order valence-corrected chi connectivity index (χ3v) is 4.42. The van der Waals surface area contributed by atoms with Gasteiger partial charge in [0.05, 0.1) is 0 Å². The Hall–Kier alpha value is -2.78. The number of rotatable bonds is 6. The number of nitrogens with two attached hydrogens (primary N) is 1. The van der Waals surface area contributed by atoms with Crippen LogP contribution in [0.5, 0.6) is 23.0 Å². The minimum Gasteiger partial charge on any atom is -0.453 e. The Bertz CT molecular complexity index is 829. The fourth-order valence-electron chi connectivity index (χ4n) is 2.85. The van der Waals surface area contributed by atoms with Crippen LogP contribution in [-0.4, -0.2) is 0 Å². The molecule has 0 radical (unpaired) electrons. The average Bonchev–Trinajstić information content (AvgIpc) is 3.49. The van der Waals surface area contributed by atoms with Crippen LogP contribution in [0.4, 0.5) is 0 Å². The molecule has 3 nitrogen and oxygen atoms in total. The van der Waals surface area contributed by atoms with E-state index in [9.17, 15) is 0 Å². The summed E-state index contributed by atoms with van der Waals surface area (Å²) in [5, 5.41) is 0. The highest BCUT2D eigenvalue weighted by Gasteiger charge is 2.30. The van der Waals surface area contributed by atoms with Gasteiger partial charge in [-0.2, -0.15) is 0 Å². The van der Waals surface area contributed by atoms with Crippen molar-refractivity contribution >= 4 is 0 Å². The van der Waals surface area contributed by atoms with Crippen LogP contribution < -0.4 is 15.2 Å². The zero-order valence-electron chi connectivity index (χ0n) is 14.0. The highest BCUT2D eigenvalue weighted by atomic mass is 16.5. The summed E-state index contributed by atoms with van der Waals surface area (Å²) in [4.78, 5) is 0. The lowest BCUT2D eigenvalue weighted by Crippen LogP contribution is -2.12. The molecule has 25 heavy (non-hydrogen) atoms. The molecule has 3 aromatic rings. The Balaban J connectivity index is 1.66. The zero-order chi connectivity index (χ0) is 17.1. The van der Waals surface area contributed by atoms with E-state index in [-0.39, 0.29) is 6.04 Å². The van der Waals surface area contributed by atoms with Crippen LogP contribution in [-0.2, 0) is 0 Å². The smallest absolute Gasteiger partial charge is 0.170 e. The molecule has 0 aliphatic heterocycles. The SMILES string of the molecule is N[C@@H](c1ccc(Oc2ccccc2)c(Oc2ccccc2)c1)C1CC1. The molecule has 0 saturated heterocycles. The highest BCUT2D eigenvalue weighted by molar-refractivity contribution is 5.48. The van der Waals surface area contributed by atoms with Gasteiger partial charge in [-0.1, -0.05) is 42.5 Å². The summed E-state index contributed by atoms with van der Waals surface area (Å²) in [6.07, 6.45) is 2.41. The Morgan fingerprint density at radius 1 is 0.720 bits per heavy atom. The van der Waals surface area contributed by atoms with E-state index < -0.39 is 0 Å². The number of benzene rings is 3. The summed E-state index contributed by atoms with van der Waals surface area (Å²) < 4.78 is 12.1. The number of hydrogen-bond acceptors (Lipinski definition) is 3. The van der Waals surface area contributed by atoms with Gasteiger partial charge in [0.2, 0.25) is 0 Å². The van der Waals surface area contributed by atoms with Crippen LogP contribution in [0, 0.1) is 5.92 Å². The third kappa shape index (κ3) is 3.83. The Kier molecular flexibility index (Phi) is 4.40. The minimum atomic E-state index is 0.0592. The highest BCUT2D eigenvalue weighted by Crippen LogP contribution is 2.42. The molecule has 1 atom stereocenters. The van der Waals surface area contributed by atoms with Gasteiger partial charge in [0.25, 0.3) is 0 Å². The van der Waals surface area contributed by atoms with Crippen molar-refractivity contribution in [2.24, 2.45) is 11.7 Å². The van der Waals surface area contributed by atoms with Gasteiger partial charge in [-0.3, -0.25) is 0 Å². The summed E-state index contributed by atoms with van der Waals surface area (Å²) in [5.41, 5.74) is 7.46. The fraction of sp³-hybridized carbons (Fsp3) is 0.182. The summed E-state index contributed by atoms with van der Waals surface area (Å²) in [6, 6.07) is 25.5. The summed E-state index contributed by atoms with van der Waals surface area (Å²) >= 11 is 0. The van der Waals surface area contributed by atoms with E-state index in [0.29, 0.717) is 17.4 Å². The maximum absolute atomic E-state index is 6.37. The van der Waals surface area contributed by atoms with Crippen LogP contribution in [0.25, 0.3) is 0 Å². The molecule has 0 heterocycles. The van der Waals surface area contributed by atoms with Crippen molar-refractivity contribution in [3.05, 3.63) is 84.4 Å². The Morgan fingerprint density at radius 3 is 1.84 bits per heavy atom. The van der Waals surface area contributed by atoms with Crippen LogP contribution >= 0.6 is 0 Å². The van der Waals surface area contributed by atoms with Gasteiger partial charge in [0.1, 0.15) is 11.5 Å². The van der Waals surface area contributed by atoms with Crippen LogP contribution in [0.1, 0.15) is 24.4 Å². The van der Waals surface area contributed by atoms with E-state index in [1.807, 2.05) is 78.9 Å². The lowest BCUT2D eigenvalue weighted by Gasteiger charge is -2.16. The van der Waals surface area contributed by atoms with Gasteiger partial charge >= 0.3 is 0 Å². The molecule has 0 unspecified atom stereocenters. The van der Waals surface area contributed by atoms with Crippen molar-refractivity contribution < 1.29 is 9.47 Å². The van der Waals surface area contributed by atoms with Crippen LogP contribution in [0.15, 0.2) is 78.9 Å². The second-order valence-corrected chi connectivity index (χ2v) is 6.40.